The van der Waals surface area contributed by atoms with Crippen molar-refractivity contribution in [1.82, 2.24) is 0 Å². The molecule has 4 unspecified atom stereocenters. The second-order valence-electron chi connectivity index (χ2n) is 3.39. The summed E-state index contributed by atoms with van der Waals surface area (Å²) < 4.78 is 4.86. The van der Waals surface area contributed by atoms with Gasteiger partial charge in [0.05, 0.1) is 17.9 Å². The number of esters is 1. The molecule has 13 heavy (non-hydrogen) atoms. The molecule has 3 N–H and O–H groups in total. The van der Waals surface area contributed by atoms with Crippen LogP contribution < -0.4 is 5.73 Å². The average molecular weight is 187 g/mol. The largest absolute Gasteiger partial charge is 0.481 e. The van der Waals surface area contributed by atoms with E-state index >= 15 is 0 Å². The summed E-state index contributed by atoms with van der Waals surface area (Å²) in [5, 5.41) is 8.69. The molecule has 1 saturated heterocycles. The molecule has 0 saturated carbocycles. The molecule has 0 aromatic carbocycles. The second kappa shape index (κ2) is 3.33. The Morgan fingerprint density at radius 3 is 2.54 bits per heavy atom. The molecule has 5 heteroatoms. The van der Waals surface area contributed by atoms with Gasteiger partial charge >= 0.3 is 11.9 Å². The van der Waals surface area contributed by atoms with Gasteiger partial charge in [0, 0.05) is 0 Å². The highest BCUT2D eigenvalue weighted by atomic mass is 16.6. The Balaban J connectivity index is 2.73. The lowest BCUT2D eigenvalue weighted by atomic mass is 9.93. The van der Waals surface area contributed by atoms with Crippen molar-refractivity contribution >= 4 is 11.9 Å². The summed E-state index contributed by atoms with van der Waals surface area (Å²) in [4.78, 5) is 21.6. The van der Waals surface area contributed by atoms with Gasteiger partial charge in [0.15, 0.2) is 0 Å². The molecule has 0 amide bonds. The van der Waals surface area contributed by atoms with Crippen LogP contribution in [-0.4, -0.2) is 29.2 Å². The number of hydrogen-bond donors (Lipinski definition) is 2. The van der Waals surface area contributed by atoms with Gasteiger partial charge in [-0.1, -0.05) is 6.92 Å². The fourth-order valence-electron chi connectivity index (χ4n) is 1.34. The molecule has 1 aliphatic rings. The minimum atomic E-state index is -0.998. The Bertz CT molecular complexity index is 240. The molecular weight excluding hydrogens is 174 g/mol. The Kier molecular flexibility index (Phi) is 2.56. The minimum absolute atomic E-state index is 0.410. The minimum Gasteiger partial charge on any atom is -0.481 e. The third-order valence-corrected chi connectivity index (χ3v) is 2.46. The molecule has 74 valence electrons. The third-order valence-electron chi connectivity index (χ3n) is 2.46. The zero-order chi connectivity index (χ0) is 10.2. The number of cyclic esters (lactones) is 1. The van der Waals surface area contributed by atoms with Gasteiger partial charge < -0.3 is 15.6 Å². The van der Waals surface area contributed by atoms with Crippen LogP contribution in [0.4, 0.5) is 0 Å². The predicted octanol–water partition coefficient (Wildman–Crippen LogP) is -0.404. The van der Waals surface area contributed by atoms with E-state index in [1.54, 1.807) is 6.92 Å². The maximum atomic E-state index is 11.0. The first-order valence-corrected chi connectivity index (χ1v) is 4.14. The number of carboxylic acids is 1. The third kappa shape index (κ3) is 1.65. The van der Waals surface area contributed by atoms with Crippen LogP contribution in [0.15, 0.2) is 0 Å². The number of rotatable bonds is 2. The average Bonchev–Trinajstić information content (AvgIpc) is 2.31. The summed E-state index contributed by atoms with van der Waals surface area (Å²) >= 11 is 0. The van der Waals surface area contributed by atoms with Crippen molar-refractivity contribution in [2.75, 3.05) is 0 Å². The number of nitrogens with two attached hydrogens (primary N) is 1. The molecule has 0 radical (unpaired) electrons. The topological polar surface area (TPSA) is 89.6 Å². The monoisotopic (exact) mass is 187 g/mol. The van der Waals surface area contributed by atoms with Crippen molar-refractivity contribution in [3.8, 4) is 0 Å². The van der Waals surface area contributed by atoms with Crippen LogP contribution in [0.2, 0.25) is 0 Å². The van der Waals surface area contributed by atoms with Crippen molar-refractivity contribution in [2.24, 2.45) is 17.6 Å². The van der Waals surface area contributed by atoms with Crippen molar-refractivity contribution in [3.63, 3.8) is 0 Å². The molecule has 1 fully saturated rings. The fourth-order valence-corrected chi connectivity index (χ4v) is 1.34. The molecule has 4 atom stereocenters. The maximum Gasteiger partial charge on any atom is 0.310 e. The normalized spacial score (nSPS) is 35.6. The zero-order valence-electron chi connectivity index (χ0n) is 7.56. The van der Waals surface area contributed by atoms with Crippen LogP contribution in [0.25, 0.3) is 0 Å². The zero-order valence-corrected chi connectivity index (χ0v) is 7.56. The maximum absolute atomic E-state index is 11.0. The molecule has 0 bridgehead atoms. The van der Waals surface area contributed by atoms with Gasteiger partial charge in [-0.05, 0) is 6.92 Å². The first-order valence-electron chi connectivity index (χ1n) is 4.14. The van der Waals surface area contributed by atoms with E-state index < -0.39 is 35.9 Å². The van der Waals surface area contributed by atoms with Crippen LogP contribution in [0, 0.1) is 11.8 Å². The van der Waals surface area contributed by atoms with Gasteiger partial charge in [0.2, 0.25) is 0 Å². The van der Waals surface area contributed by atoms with E-state index in [1.807, 2.05) is 0 Å². The van der Waals surface area contributed by atoms with Gasteiger partial charge in [-0.25, -0.2) is 0 Å². The molecule has 0 spiro atoms. The standard InChI is InChI=1S/C8H13NO4/c1-3-5(9)6(13-8(3)12)4(2)7(10)11/h3-6H,9H2,1-2H3,(H,10,11). The van der Waals surface area contributed by atoms with Gasteiger partial charge in [0.1, 0.15) is 6.10 Å². The van der Waals surface area contributed by atoms with Gasteiger partial charge in [-0.2, -0.15) is 0 Å². The second-order valence-corrected chi connectivity index (χ2v) is 3.39. The van der Waals surface area contributed by atoms with Crippen LogP contribution in [0.3, 0.4) is 0 Å². The van der Waals surface area contributed by atoms with E-state index in [2.05, 4.69) is 0 Å². The Morgan fingerprint density at radius 1 is 1.69 bits per heavy atom. The number of carboxylic acid groups (broad SMARTS) is 1. The fraction of sp³-hybridized carbons (Fsp3) is 0.750. The lowest BCUT2D eigenvalue weighted by molar-refractivity contribution is -0.152. The smallest absolute Gasteiger partial charge is 0.310 e. The SMILES string of the molecule is CC1C(=O)OC(C(C)C(=O)O)C1N. The Labute approximate surface area is 75.9 Å². The molecule has 5 nitrogen and oxygen atoms in total. The number of carbonyl (C=O) groups is 2. The molecule has 1 heterocycles. The lowest BCUT2D eigenvalue weighted by Gasteiger charge is -2.18. The van der Waals surface area contributed by atoms with Crippen LogP contribution in [0.1, 0.15) is 13.8 Å². The summed E-state index contributed by atoms with van der Waals surface area (Å²) in [7, 11) is 0. The Hall–Kier alpha value is -1.10. The first-order chi connectivity index (χ1) is 5.95. The number of carbonyl (C=O) groups excluding carboxylic acids is 1. The van der Waals surface area contributed by atoms with Crippen LogP contribution in [0.5, 0.6) is 0 Å². The van der Waals surface area contributed by atoms with E-state index in [9.17, 15) is 9.59 Å². The summed E-state index contributed by atoms with van der Waals surface area (Å²) in [5.74, 6) is -2.57. The van der Waals surface area contributed by atoms with E-state index in [0.29, 0.717) is 0 Å². The van der Waals surface area contributed by atoms with Gasteiger partial charge in [0.25, 0.3) is 0 Å². The molecular formula is C8H13NO4. The van der Waals surface area contributed by atoms with Crippen LogP contribution >= 0.6 is 0 Å². The Morgan fingerprint density at radius 2 is 2.23 bits per heavy atom. The predicted molar refractivity (Wildman–Crippen MR) is 43.8 cm³/mol. The van der Waals surface area contributed by atoms with Gasteiger partial charge in [-0.3, -0.25) is 9.59 Å². The lowest BCUT2D eigenvalue weighted by Crippen LogP contribution is -2.41. The molecule has 1 rings (SSSR count). The molecule has 0 aromatic heterocycles. The number of ether oxygens (including phenoxy) is 1. The highest BCUT2D eigenvalue weighted by molar-refractivity contribution is 5.78. The van der Waals surface area contributed by atoms with Crippen LogP contribution in [-0.2, 0) is 14.3 Å². The highest BCUT2D eigenvalue weighted by Crippen LogP contribution is 2.25. The van der Waals surface area contributed by atoms with E-state index in [4.69, 9.17) is 15.6 Å². The first kappa shape index (κ1) is 9.98. The molecule has 1 aliphatic heterocycles. The number of aliphatic carboxylic acids is 1. The summed E-state index contributed by atoms with van der Waals surface area (Å²) in [6.07, 6.45) is -0.694. The van der Waals surface area contributed by atoms with E-state index in [1.165, 1.54) is 6.92 Å². The van der Waals surface area contributed by atoms with Crippen molar-refractivity contribution in [1.29, 1.82) is 0 Å². The summed E-state index contributed by atoms with van der Waals surface area (Å²) in [5.41, 5.74) is 5.64. The quantitative estimate of drug-likeness (QED) is 0.574. The van der Waals surface area contributed by atoms with Crippen molar-refractivity contribution in [2.45, 2.75) is 26.0 Å². The molecule has 0 aliphatic carbocycles. The van der Waals surface area contributed by atoms with E-state index in [0.717, 1.165) is 0 Å². The van der Waals surface area contributed by atoms with Crippen molar-refractivity contribution < 1.29 is 19.4 Å². The summed E-state index contributed by atoms with van der Waals surface area (Å²) in [6.45, 7) is 3.12. The van der Waals surface area contributed by atoms with Gasteiger partial charge in [-0.15, -0.1) is 0 Å². The van der Waals surface area contributed by atoms with E-state index in [-0.39, 0.29) is 0 Å². The van der Waals surface area contributed by atoms with Crippen molar-refractivity contribution in [3.05, 3.63) is 0 Å². The number of hydrogen-bond acceptors (Lipinski definition) is 4. The summed E-state index contributed by atoms with van der Waals surface area (Å²) in [6, 6.07) is -0.515. The molecule has 0 aromatic rings. The highest BCUT2D eigenvalue weighted by Gasteiger charge is 2.44.